The molecule has 0 aromatic heterocycles. The minimum absolute atomic E-state index is 0.0479. The van der Waals surface area contributed by atoms with Crippen molar-refractivity contribution in [3.05, 3.63) is 35.9 Å². The zero-order valence-corrected chi connectivity index (χ0v) is 15.2. The van der Waals surface area contributed by atoms with Crippen molar-refractivity contribution in [1.82, 2.24) is 15.1 Å². The summed E-state index contributed by atoms with van der Waals surface area (Å²) in [5.74, 6) is -0.0319. The van der Waals surface area contributed by atoms with Gasteiger partial charge in [0.2, 0.25) is 17.7 Å². The van der Waals surface area contributed by atoms with Gasteiger partial charge in [0.15, 0.2) is 0 Å². The molecule has 140 valence electrons. The van der Waals surface area contributed by atoms with Crippen LogP contribution in [0.5, 0.6) is 0 Å². The van der Waals surface area contributed by atoms with Crippen LogP contribution in [0, 0.1) is 5.92 Å². The van der Waals surface area contributed by atoms with Crippen molar-refractivity contribution in [2.45, 2.75) is 32.1 Å². The van der Waals surface area contributed by atoms with Crippen molar-refractivity contribution in [3.63, 3.8) is 0 Å². The molecule has 1 aromatic rings. The van der Waals surface area contributed by atoms with Crippen LogP contribution in [-0.4, -0.2) is 60.2 Å². The van der Waals surface area contributed by atoms with Crippen molar-refractivity contribution in [2.24, 2.45) is 5.92 Å². The minimum Gasteiger partial charge on any atom is -0.356 e. The number of rotatable bonds is 8. The molecule has 2 aliphatic rings. The zero-order chi connectivity index (χ0) is 18.4. The smallest absolute Gasteiger partial charge is 0.225 e. The molecule has 0 bridgehead atoms. The largest absolute Gasteiger partial charge is 0.356 e. The molecule has 3 rings (SSSR count). The molecular weight excluding hydrogens is 330 g/mol. The van der Waals surface area contributed by atoms with Crippen molar-refractivity contribution < 1.29 is 14.4 Å². The lowest BCUT2D eigenvalue weighted by molar-refractivity contribution is -0.129. The van der Waals surface area contributed by atoms with Crippen LogP contribution in [0.15, 0.2) is 30.3 Å². The molecule has 6 heteroatoms. The number of benzene rings is 1. The van der Waals surface area contributed by atoms with E-state index in [1.165, 1.54) is 5.56 Å². The van der Waals surface area contributed by atoms with Gasteiger partial charge in [-0.1, -0.05) is 30.3 Å². The van der Waals surface area contributed by atoms with E-state index in [1.807, 2.05) is 23.1 Å². The van der Waals surface area contributed by atoms with E-state index in [0.717, 1.165) is 25.8 Å². The lowest BCUT2D eigenvalue weighted by atomic mass is 10.1. The Labute approximate surface area is 154 Å². The van der Waals surface area contributed by atoms with Gasteiger partial charge >= 0.3 is 0 Å². The minimum atomic E-state index is -0.258. The van der Waals surface area contributed by atoms with Crippen molar-refractivity contribution in [2.75, 3.05) is 32.7 Å². The average molecular weight is 357 g/mol. The normalized spacial score (nSPS) is 20.1. The second-order valence-corrected chi connectivity index (χ2v) is 7.11. The van der Waals surface area contributed by atoms with Crippen LogP contribution in [0.1, 0.15) is 31.2 Å². The quantitative estimate of drug-likeness (QED) is 0.711. The molecule has 0 unspecified atom stereocenters. The first-order valence-electron chi connectivity index (χ1n) is 9.50. The highest BCUT2D eigenvalue weighted by atomic mass is 16.2. The number of hydrogen-bond donors (Lipinski definition) is 1. The Morgan fingerprint density at radius 1 is 1.08 bits per heavy atom. The summed E-state index contributed by atoms with van der Waals surface area (Å²) in [7, 11) is 0. The third-order valence-electron chi connectivity index (χ3n) is 5.17. The molecule has 0 spiro atoms. The molecule has 1 aromatic carbocycles. The fraction of sp³-hybridized carbons (Fsp3) is 0.550. The highest BCUT2D eigenvalue weighted by Gasteiger charge is 2.33. The molecule has 2 fully saturated rings. The summed E-state index contributed by atoms with van der Waals surface area (Å²) in [6.45, 7) is 3.25. The first-order valence-corrected chi connectivity index (χ1v) is 9.50. The van der Waals surface area contributed by atoms with Crippen LogP contribution >= 0.6 is 0 Å². The first kappa shape index (κ1) is 18.4. The van der Waals surface area contributed by atoms with Gasteiger partial charge in [-0.2, -0.15) is 0 Å². The van der Waals surface area contributed by atoms with Gasteiger partial charge in [-0.15, -0.1) is 0 Å². The maximum absolute atomic E-state index is 12.3. The van der Waals surface area contributed by atoms with Gasteiger partial charge in [0, 0.05) is 45.6 Å². The molecule has 0 saturated carbocycles. The molecular formula is C20H27N3O3. The molecule has 2 heterocycles. The Bertz CT molecular complexity index is 647. The maximum atomic E-state index is 12.3. The molecule has 2 aliphatic heterocycles. The van der Waals surface area contributed by atoms with E-state index in [9.17, 15) is 14.4 Å². The van der Waals surface area contributed by atoms with E-state index < -0.39 is 0 Å². The monoisotopic (exact) mass is 357 g/mol. The Morgan fingerprint density at radius 2 is 1.88 bits per heavy atom. The number of nitrogens with one attached hydrogen (secondary N) is 1. The summed E-state index contributed by atoms with van der Waals surface area (Å²) in [5, 5.41) is 2.92. The van der Waals surface area contributed by atoms with Crippen molar-refractivity contribution in [3.8, 4) is 0 Å². The van der Waals surface area contributed by atoms with Gasteiger partial charge in [0.05, 0.1) is 5.92 Å². The first-order chi connectivity index (χ1) is 12.6. The third-order valence-corrected chi connectivity index (χ3v) is 5.17. The number of carbonyl (C=O) groups excluding carboxylic acids is 3. The van der Waals surface area contributed by atoms with E-state index in [4.69, 9.17) is 0 Å². The van der Waals surface area contributed by atoms with Gasteiger partial charge in [0.25, 0.3) is 0 Å². The predicted molar refractivity (Wildman–Crippen MR) is 98.3 cm³/mol. The summed E-state index contributed by atoms with van der Waals surface area (Å²) in [6.07, 6.45) is 3.45. The van der Waals surface area contributed by atoms with Crippen LogP contribution in [0.4, 0.5) is 0 Å². The van der Waals surface area contributed by atoms with E-state index >= 15 is 0 Å². The zero-order valence-electron chi connectivity index (χ0n) is 15.2. The lowest BCUT2D eigenvalue weighted by Gasteiger charge is -2.17. The molecule has 3 amide bonds. The number of amides is 3. The summed E-state index contributed by atoms with van der Waals surface area (Å²) in [5.41, 5.74) is 1.20. The summed E-state index contributed by atoms with van der Waals surface area (Å²) >= 11 is 0. The van der Waals surface area contributed by atoms with E-state index in [0.29, 0.717) is 39.0 Å². The number of likely N-dealkylation sites (tertiary alicyclic amines) is 2. The molecule has 1 N–H and O–H groups in total. The Balaban J connectivity index is 1.36. The number of hydrogen-bond acceptors (Lipinski definition) is 3. The van der Waals surface area contributed by atoms with E-state index in [-0.39, 0.29) is 23.6 Å². The van der Waals surface area contributed by atoms with Crippen LogP contribution in [0.25, 0.3) is 0 Å². The summed E-state index contributed by atoms with van der Waals surface area (Å²) in [6, 6.07) is 10.1. The van der Waals surface area contributed by atoms with Crippen LogP contribution in [-0.2, 0) is 20.8 Å². The second kappa shape index (κ2) is 8.83. The predicted octanol–water partition coefficient (Wildman–Crippen LogP) is 1.21. The Kier molecular flexibility index (Phi) is 6.26. The fourth-order valence-corrected chi connectivity index (χ4v) is 3.64. The van der Waals surface area contributed by atoms with Gasteiger partial charge in [0.1, 0.15) is 0 Å². The van der Waals surface area contributed by atoms with E-state index in [2.05, 4.69) is 17.4 Å². The van der Waals surface area contributed by atoms with E-state index in [1.54, 1.807) is 4.90 Å². The van der Waals surface area contributed by atoms with Gasteiger partial charge < -0.3 is 15.1 Å². The molecule has 0 aliphatic carbocycles. The maximum Gasteiger partial charge on any atom is 0.225 e. The third kappa shape index (κ3) is 4.84. The second-order valence-electron chi connectivity index (χ2n) is 7.11. The van der Waals surface area contributed by atoms with Gasteiger partial charge in [-0.3, -0.25) is 14.4 Å². The van der Waals surface area contributed by atoms with Gasteiger partial charge in [-0.05, 0) is 24.8 Å². The molecule has 1 atom stereocenters. The highest BCUT2D eigenvalue weighted by Crippen LogP contribution is 2.18. The SMILES string of the molecule is O=C(NCCCN1CCCC1=O)[C@@H]1CC(=O)N(CCc2ccccc2)C1. The molecule has 2 saturated heterocycles. The Morgan fingerprint density at radius 3 is 2.62 bits per heavy atom. The lowest BCUT2D eigenvalue weighted by Crippen LogP contribution is -2.35. The van der Waals surface area contributed by atoms with Crippen LogP contribution < -0.4 is 5.32 Å². The number of nitrogens with zero attached hydrogens (tertiary/aromatic N) is 2. The van der Waals surface area contributed by atoms with Crippen LogP contribution in [0.2, 0.25) is 0 Å². The van der Waals surface area contributed by atoms with Gasteiger partial charge in [-0.25, -0.2) is 0 Å². The number of carbonyl (C=O) groups is 3. The van der Waals surface area contributed by atoms with Crippen LogP contribution in [0.3, 0.4) is 0 Å². The summed E-state index contributed by atoms with van der Waals surface area (Å²) < 4.78 is 0. The molecule has 0 radical (unpaired) electrons. The topological polar surface area (TPSA) is 69.7 Å². The standard InChI is InChI=1S/C20H27N3O3/c24-18-8-4-11-22(18)12-5-10-21-20(26)17-14-19(25)23(15-17)13-9-16-6-2-1-3-7-16/h1-3,6-7,17H,4-5,8-15H2,(H,21,26)/t17-/m1/s1. The van der Waals surface area contributed by atoms with Crippen molar-refractivity contribution >= 4 is 17.7 Å². The Hall–Kier alpha value is -2.37. The average Bonchev–Trinajstić information content (AvgIpc) is 3.23. The van der Waals surface area contributed by atoms with Crippen molar-refractivity contribution in [1.29, 1.82) is 0 Å². The molecule has 26 heavy (non-hydrogen) atoms. The summed E-state index contributed by atoms with van der Waals surface area (Å²) in [4.78, 5) is 39.6. The highest BCUT2D eigenvalue weighted by molar-refractivity contribution is 5.89. The fourth-order valence-electron chi connectivity index (χ4n) is 3.64. The molecule has 6 nitrogen and oxygen atoms in total.